The smallest absolute Gasteiger partial charge is 0.407 e. The first-order valence-corrected chi connectivity index (χ1v) is 3.80. The number of carboxylic acid groups (broad SMARTS) is 1. The highest BCUT2D eigenvalue weighted by Gasteiger charge is 2.44. The van der Waals surface area contributed by atoms with Crippen molar-refractivity contribution in [1.82, 2.24) is 4.90 Å². The number of likely N-dealkylation sites (tertiary alicyclic amines) is 1. The van der Waals surface area contributed by atoms with E-state index in [1.807, 2.05) is 0 Å². The minimum absolute atomic E-state index is 0.0803. The predicted molar refractivity (Wildman–Crippen MR) is 39.7 cm³/mol. The monoisotopic (exact) mass is 177 g/mol. The Kier molecular flexibility index (Phi) is 2.23. The summed E-state index contributed by atoms with van der Waals surface area (Å²) in [6, 6.07) is 0. The van der Waals surface area contributed by atoms with Crippen LogP contribution in [0, 0.1) is 0 Å². The lowest BCUT2D eigenvalue weighted by Crippen LogP contribution is -2.40. The molecule has 1 amide bonds. The SMILES string of the molecule is CC(O)C1(F)CCN(C(=O)O)C1. The van der Waals surface area contributed by atoms with Crippen LogP contribution in [0.5, 0.6) is 0 Å². The Morgan fingerprint density at radius 3 is 2.58 bits per heavy atom. The van der Waals surface area contributed by atoms with Gasteiger partial charge in [0, 0.05) is 13.0 Å². The van der Waals surface area contributed by atoms with Crippen LogP contribution in [0.4, 0.5) is 9.18 Å². The number of alkyl halides is 1. The van der Waals surface area contributed by atoms with Crippen molar-refractivity contribution in [2.75, 3.05) is 13.1 Å². The minimum Gasteiger partial charge on any atom is -0.465 e. The largest absolute Gasteiger partial charge is 0.465 e. The van der Waals surface area contributed by atoms with Gasteiger partial charge in [0.2, 0.25) is 0 Å². The molecule has 2 unspecified atom stereocenters. The van der Waals surface area contributed by atoms with Crippen molar-refractivity contribution in [2.24, 2.45) is 0 Å². The quantitative estimate of drug-likeness (QED) is 0.611. The molecule has 1 aliphatic rings. The van der Waals surface area contributed by atoms with Crippen LogP contribution in [0.15, 0.2) is 0 Å². The molecular weight excluding hydrogens is 165 g/mol. The predicted octanol–water partition coefficient (Wildman–Crippen LogP) is 0.459. The first-order chi connectivity index (χ1) is 5.46. The lowest BCUT2D eigenvalue weighted by atomic mass is 10.00. The maximum absolute atomic E-state index is 13.5. The van der Waals surface area contributed by atoms with Gasteiger partial charge in [-0.25, -0.2) is 9.18 Å². The molecule has 1 heterocycles. The fraction of sp³-hybridized carbons (Fsp3) is 0.857. The third kappa shape index (κ3) is 1.50. The summed E-state index contributed by atoms with van der Waals surface area (Å²) in [6.45, 7) is 1.28. The zero-order chi connectivity index (χ0) is 9.35. The average Bonchev–Trinajstić information content (AvgIpc) is 2.33. The Hall–Kier alpha value is -0.840. The van der Waals surface area contributed by atoms with Crippen molar-refractivity contribution in [2.45, 2.75) is 25.1 Å². The second-order valence-electron chi connectivity index (χ2n) is 3.16. The molecule has 1 saturated heterocycles. The van der Waals surface area contributed by atoms with Gasteiger partial charge in [0.15, 0.2) is 5.67 Å². The van der Waals surface area contributed by atoms with Gasteiger partial charge in [-0.05, 0) is 6.92 Å². The fourth-order valence-corrected chi connectivity index (χ4v) is 1.30. The Morgan fingerprint density at radius 1 is 1.75 bits per heavy atom. The van der Waals surface area contributed by atoms with E-state index in [2.05, 4.69) is 0 Å². The Balaban J connectivity index is 2.60. The van der Waals surface area contributed by atoms with E-state index in [4.69, 9.17) is 10.2 Å². The van der Waals surface area contributed by atoms with Crippen molar-refractivity contribution in [3.63, 3.8) is 0 Å². The fourth-order valence-electron chi connectivity index (χ4n) is 1.30. The Morgan fingerprint density at radius 2 is 2.33 bits per heavy atom. The summed E-state index contributed by atoms with van der Waals surface area (Å²) in [7, 11) is 0. The number of aliphatic hydroxyl groups is 1. The molecule has 0 aliphatic carbocycles. The van der Waals surface area contributed by atoms with Crippen LogP contribution in [-0.2, 0) is 0 Å². The van der Waals surface area contributed by atoms with E-state index < -0.39 is 17.9 Å². The van der Waals surface area contributed by atoms with Gasteiger partial charge in [-0.3, -0.25) is 0 Å². The van der Waals surface area contributed by atoms with Crippen LogP contribution in [0.3, 0.4) is 0 Å². The maximum atomic E-state index is 13.5. The van der Waals surface area contributed by atoms with E-state index in [1.54, 1.807) is 0 Å². The number of aliphatic hydroxyl groups excluding tert-OH is 1. The van der Waals surface area contributed by atoms with Crippen LogP contribution >= 0.6 is 0 Å². The summed E-state index contributed by atoms with van der Waals surface area (Å²) < 4.78 is 13.5. The summed E-state index contributed by atoms with van der Waals surface area (Å²) in [5.41, 5.74) is -1.75. The highest BCUT2D eigenvalue weighted by molar-refractivity contribution is 5.65. The van der Waals surface area contributed by atoms with Gasteiger partial charge in [-0.2, -0.15) is 0 Å². The molecule has 1 aliphatic heterocycles. The molecule has 0 radical (unpaired) electrons. The molecule has 12 heavy (non-hydrogen) atoms. The number of hydrogen-bond donors (Lipinski definition) is 2. The van der Waals surface area contributed by atoms with Crippen LogP contribution in [0.1, 0.15) is 13.3 Å². The molecule has 1 fully saturated rings. The standard InChI is InChI=1S/C7H12FNO3/c1-5(10)7(8)2-3-9(4-7)6(11)12/h5,10H,2-4H2,1H3,(H,11,12). The van der Waals surface area contributed by atoms with Gasteiger partial charge in [0.1, 0.15) is 0 Å². The maximum Gasteiger partial charge on any atom is 0.407 e. The van der Waals surface area contributed by atoms with Gasteiger partial charge in [0.25, 0.3) is 0 Å². The van der Waals surface area contributed by atoms with E-state index >= 15 is 0 Å². The second kappa shape index (κ2) is 2.90. The van der Waals surface area contributed by atoms with Crippen LogP contribution in [0.25, 0.3) is 0 Å². The number of carbonyl (C=O) groups is 1. The first kappa shape index (κ1) is 9.25. The molecule has 0 aromatic carbocycles. The lowest BCUT2D eigenvalue weighted by molar-refractivity contribution is 0.0109. The van der Waals surface area contributed by atoms with E-state index in [-0.39, 0.29) is 19.5 Å². The zero-order valence-corrected chi connectivity index (χ0v) is 6.83. The summed E-state index contributed by atoms with van der Waals surface area (Å²) in [4.78, 5) is 11.4. The van der Waals surface area contributed by atoms with Crippen molar-refractivity contribution >= 4 is 6.09 Å². The summed E-state index contributed by atoms with van der Waals surface area (Å²) in [6.07, 6.45) is -2.16. The molecule has 0 spiro atoms. The number of nitrogens with zero attached hydrogens (tertiary/aromatic N) is 1. The third-order valence-electron chi connectivity index (χ3n) is 2.27. The highest BCUT2D eigenvalue weighted by atomic mass is 19.1. The van der Waals surface area contributed by atoms with Crippen LogP contribution < -0.4 is 0 Å². The van der Waals surface area contributed by atoms with Crippen molar-refractivity contribution in [3.8, 4) is 0 Å². The molecular formula is C7H12FNO3. The molecule has 0 aromatic rings. The minimum atomic E-state index is -1.75. The van der Waals surface area contributed by atoms with E-state index in [1.165, 1.54) is 6.92 Å². The first-order valence-electron chi connectivity index (χ1n) is 3.80. The van der Waals surface area contributed by atoms with Gasteiger partial charge in [-0.1, -0.05) is 0 Å². The molecule has 1 rings (SSSR count). The molecule has 0 aromatic heterocycles. The second-order valence-corrected chi connectivity index (χ2v) is 3.16. The van der Waals surface area contributed by atoms with Gasteiger partial charge in [0.05, 0.1) is 12.6 Å². The number of hydrogen-bond acceptors (Lipinski definition) is 2. The summed E-state index contributed by atoms with van der Waals surface area (Å²) in [5.74, 6) is 0. The van der Waals surface area contributed by atoms with Crippen LogP contribution in [0.2, 0.25) is 0 Å². The lowest BCUT2D eigenvalue weighted by Gasteiger charge is -2.22. The zero-order valence-electron chi connectivity index (χ0n) is 6.83. The Labute approximate surface area is 69.6 Å². The van der Waals surface area contributed by atoms with Crippen molar-refractivity contribution in [3.05, 3.63) is 0 Å². The summed E-state index contributed by atoms with van der Waals surface area (Å²) >= 11 is 0. The van der Waals surface area contributed by atoms with E-state index in [0.29, 0.717) is 0 Å². The average molecular weight is 177 g/mol. The van der Waals surface area contributed by atoms with Crippen LogP contribution in [-0.4, -0.2) is 46.1 Å². The number of amides is 1. The van der Waals surface area contributed by atoms with Crippen molar-refractivity contribution in [1.29, 1.82) is 0 Å². The van der Waals surface area contributed by atoms with Crippen molar-refractivity contribution < 1.29 is 19.4 Å². The molecule has 0 bridgehead atoms. The highest BCUT2D eigenvalue weighted by Crippen LogP contribution is 2.28. The molecule has 2 N–H and O–H groups in total. The third-order valence-corrected chi connectivity index (χ3v) is 2.27. The Bertz CT molecular complexity index is 197. The normalized spacial score (nSPS) is 32.1. The molecule has 0 saturated carbocycles. The molecule has 70 valence electrons. The molecule has 4 nitrogen and oxygen atoms in total. The van der Waals surface area contributed by atoms with Gasteiger partial charge >= 0.3 is 6.09 Å². The topological polar surface area (TPSA) is 60.8 Å². The van der Waals surface area contributed by atoms with Gasteiger partial charge in [-0.15, -0.1) is 0 Å². The number of rotatable bonds is 1. The number of halogens is 1. The van der Waals surface area contributed by atoms with Gasteiger partial charge < -0.3 is 15.1 Å². The van der Waals surface area contributed by atoms with E-state index in [0.717, 1.165) is 4.90 Å². The molecule has 5 heteroatoms. The summed E-state index contributed by atoms with van der Waals surface area (Å²) in [5, 5.41) is 17.5. The van der Waals surface area contributed by atoms with E-state index in [9.17, 15) is 9.18 Å². The molecule has 2 atom stereocenters.